The minimum absolute atomic E-state index is 0.498. The first-order valence-electron chi connectivity index (χ1n) is 5.82. The van der Waals surface area contributed by atoms with Crippen molar-refractivity contribution in [1.29, 1.82) is 0 Å². The Morgan fingerprint density at radius 1 is 1.45 bits per heavy atom. The number of imidazole rings is 1. The molecule has 2 aromatic rings. The molecule has 20 heavy (non-hydrogen) atoms. The average molecular weight is 307 g/mol. The van der Waals surface area contributed by atoms with E-state index in [0.717, 1.165) is 4.88 Å². The second-order valence-corrected chi connectivity index (χ2v) is 5.27. The molecular formula is C12H13F4N3S. The standard InChI is InChI=1S/C12H13F4N3S/c1-19-5-4-17-10(19)9(8-3-2-6-20-8)18-7-12(15,16)11(13)14/h2-6,9,11,18H,7H2,1H3. The Hall–Kier alpha value is -1.41. The highest BCUT2D eigenvalue weighted by atomic mass is 32.1. The lowest BCUT2D eigenvalue weighted by atomic mass is 10.2. The van der Waals surface area contributed by atoms with Gasteiger partial charge in [0, 0.05) is 24.3 Å². The number of hydrogen-bond acceptors (Lipinski definition) is 3. The van der Waals surface area contributed by atoms with E-state index in [1.54, 1.807) is 35.3 Å². The molecule has 8 heteroatoms. The third kappa shape index (κ3) is 3.18. The van der Waals surface area contributed by atoms with Crippen LogP contribution >= 0.6 is 11.3 Å². The van der Waals surface area contributed by atoms with Crippen molar-refractivity contribution in [2.45, 2.75) is 18.4 Å². The second kappa shape index (κ2) is 5.92. The lowest BCUT2D eigenvalue weighted by molar-refractivity contribution is -0.126. The van der Waals surface area contributed by atoms with Gasteiger partial charge in [-0.05, 0) is 11.4 Å². The molecule has 0 fully saturated rings. The second-order valence-electron chi connectivity index (χ2n) is 4.29. The fraction of sp³-hybridized carbons (Fsp3) is 0.417. The van der Waals surface area contributed by atoms with E-state index >= 15 is 0 Å². The fourth-order valence-electron chi connectivity index (χ4n) is 1.75. The summed E-state index contributed by atoms with van der Waals surface area (Å²) < 4.78 is 52.2. The molecule has 1 atom stereocenters. The minimum Gasteiger partial charge on any atom is -0.336 e. The molecule has 0 aliphatic carbocycles. The van der Waals surface area contributed by atoms with Crippen LogP contribution in [0.1, 0.15) is 16.7 Å². The highest BCUT2D eigenvalue weighted by Crippen LogP contribution is 2.27. The molecule has 0 spiro atoms. The Morgan fingerprint density at radius 3 is 2.70 bits per heavy atom. The zero-order valence-corrected chi connectivity index (χ0v) is 11.4. The molecule has 0 aliphatic heterocycles. The zero-order valence-electron chi connectivity index (χ0n) is 10.6. The molecular weight excluding hydrogens is 294 g/mol. The topological polar surface area (TPSA) is 29.9 Å². The van der Waals surface area contributed by atoms with Gasteiger partial charge in [-0.15, -0.1) is 11.3 Å². The van der Waals surface area contributed by atoms with Crippen LogP contribution in [0.15, 0.2) is 29.9 Å². The number of rotatable bonds is 6. The Balaban J connectivity index is 2.19. The van der Waals surface area contributed by atoms with E-state index in [-0.39, 0.29) is 0 Å². The van der Waals surface area contributed by atoms with E-state index in [9.17, 15) is 17.6 Å². The molecule has 1 N–H and O–H groups in total. The van der Waals surface area contributed by atoms with Crippen molar-refractivity contribution >= 4 is 11.3 Å². The molecule has 0 saturated carbocycles. The summed E-state index contributed by atoms with van der Waals surface area (Å²) in [6.45, 7) is -1.11. The van der Waals surface area contributed by atoms with Crippen molar-refractivity contribution in [2.24, 2.45) is 7.05 Å². The van der Waals surface area contributed by atoms with Gasteiger partial charge < -0.3 is 4.57 Å². The number of alkyl halides is 4. The summed E-state index contributed by atoms with van der Waals surface area (Å²) in [6.07, 6.45) is -0.494. The molecule has 3 nitrogen and oxygen atoms in total. The van der Waals surface area contributed by atoms with Crippen molar-refractivity contribution in [3.8, 4) is 0 Å². The number of halogens is 4. The molecule has 0 aromatic carbocycles. The van der Waals surface area contributed by atoms with Crippen LogP contribution < -0.4 is 5.32 Å². The Bertz CT molecular complexity index is 539. The maximum atomic E-state index is 13.1. The van der Waals surface area contributed by atoms with Crippen LogP contribution in [-0.4, -0.2) is 28.4 Å². The van der Waals surface area contributed by atoms with Gasteiger partial charge in [-0.1, -0.05) is 6.07 Å². The summed E-state index contributed by atoms with van der Waals surface area (Å²) in [4.78, 5) is 4.83. The molecule has 0 aliphatic rings. The molecule has 0 radical (unpaired) electrons. The molecule has 2 aromatic heterocycles. The lowest BCUT2D eigenvalue weighted by Gasteiger charge is -2.21. The van der Waals surface area contributed by atoms with Gasteiger partial charge in [0.15, 0.2) is 0 Å². The van der Waals surface area contributed by atoms with Crippen molar-refractivity contribution in [3.63, 3.8) is 0 Å². The van der Waals surface area contributed by atoms with E-state index in [1.165, 1.54) is 17.5 Å². The first-order chi connectivity index (χ1) is 9.42. The first kappa shape index (κ1) is 15.0. The lowest BCUT2D eigenvalue weighted by Crippen LogP contribution is -2.41. The molecule has 0 saturated heterocycles. The van der Waals surface area contributed by atoms with Gasteiger partial charge in [0.25, 0.3) is 0 Å². The maximum Gasteiger partial charge on any atom is 0.319 e. The third-order valence-electron chi connectivity index (χ3n) is 2.81. The normalized spacial score (nSPS) is 13.9. The molecule has 2 heterocycles. The molecule has 1 unspecified atom stereocenters. The fourth-order valence-corrected chi connectivity index (χ4v) is 2.54. The van der Waals surface area contributed by atoms with Crippen LogP contribution in [0, 0.1) is 0 Å². The van der Waals surface area contributed by atoms with E-state index in [4.69, 9.17) is 0 Å². The summed E-state index contributed by atoms with van der Waals surface area (Å²) in [5.74, 6) is -3.57. The zero-order chi connectivity index (χ0) is 14.8. The smallest absolute Gasteiger partial charge is 0.319 e. The van der Waals surface area contributed by atoms with Gasteiger partial charge in [-0.2, -0.15) is 8.78 Å². The van der Waals surface area contributed by atoms with Gasteiger partial charge in [0.2, 0.25) is 0 Å². The van der Waals surface area contributed by atoms with E-state index in [1.807, 2.05) is 0 Å². The number of aromatic nitrogens is 2. The van der Waals surface area contributed by atoms with Crippen molar-refractivity contribution in [2.75, 3.05) is 6.54 Å². The van der Waals surface area contributed by atoms with Crippen LogP contribution in [0.5, 0.6) is 0 Å². The average Bonchev–Trinajstić information content (AvgIpc) is 3.02. The molecule has 2 rings (SSSR count). The maximum absolute atomic E-state index is 13.1. The summed E-state index contributed by atoms with van der Waals surface area (Å²) in [5, 5.41) is 4.27. The summed E-state index contributed by atoms with van der Waals surface area (Å²) in [6, 6.07) is 2.88. The van der Waals surface area contributed by atoms with Gasteiger partial charge in [0.1, 0.15) is 11.9 Å². The first-order valence-corrected chi connectivity index (χ1v) is 6.70. The Kier molecular flexibility index (Phi) is 4.44. The largest absolute Gasteiger partial charge is 0.336 e. The molecule has 0 amide bonds. The van der Waals surface area contributed by atoms with E-state index < -0.39 is 24.9 Å². The number of nitrogens with one attached hydrogen (secondary N) is 1. The quantitative estimate of drug-likeness (QED) is 0.831. The summed E-state index contributed by atoms with van der Waals surface area (Å²) in [5.41, 5.74) is 0. The number of hydrogen-bond donors (Lipinski definition) is 1. The van der Waals surface area contributed by atoms with Crippen LogP contribution in [0.3, 0.4) is 0 Å². The minimum atomic E-state index is -4.07. The van der Waals surface area contributed by atoms with Crippen molar-refractivity contribution < 1.29 is 17.6 Å². The highest BCUT2D eigenvalue weighted by Gasteiger charge is 2.41. The van der Waals surface area contributed by atoms with Crippen molar-refractivity contribution in [3.05, 3.63) is 40.6 Å². The van der Waals surface area contributed by atoms with E-state index in [2.05, 4.69) is 10.3 Å². The van der Waals surface area contributed by atoms with Gasteiger partial charge in [-0.3, -0.25) is 5.32 Å². The Morgan fingerprint density at radius 2 is 2.20 bits per heavy atom. The van der Waals surface area contributed by atoms with Crippen molar-refractivity contribution in [1.82, 2.24) is 14.9 Å². The summed E-state index contributed by atoms with van der Waals surface area (Å²) in [7, 11) is 1.72. The van der Waals surface area contributed by atoms with Crippen LogP contribution in [0.2, 0.25) is 0 Å². The molecule has 0 bridgehead atoms. The highest BCUT2D eigenvalue weighted by molar-refractivity contribution is 7.10. The van der Waals surface area contributed by atoms with Gasteiger partial charge in [-0.25, -0.2) is 13.8 Å². The predicted molar refractivity (Wildman–Crippen MR) is 68.3 cm³/mol. The Labute approximate surface area is 117 Å². The summed E-state index contributed by atoms with van der Waals surface area (Å²) >= 11 is 1.35. The monoisotopic (exact) mass is 307 g/mol. The number of thiophene rings is 1. The predicted octanol–water partition coefficient (Wildman–Crippen LogP) is 3.06. The van der Waals surface area contributed by atoms with E-state index in [0.29, 0.717) is 5.82 Å². The number of nitrogens with zero attached hydrogens (tertiary/aromatic N) is 2. The van der Waals surface area contributed by atoms with Crippen LogP contribution in [-0.2, 0) is 7.05 Å². The SMILES string of the molecule is Cn1ccnc1C(NCC(F)(F)C(F)F)c1cccs1. The van der Waals surface area contributed by atoms with Crippen LogP contribution in [0.4, 0.5) is 17.6 Å². The molecule has 110 valence electrons. The van der Waals surface area contributed by atoms with Gasteiger partial charge in [0.05, 0.1) is 6.54 Å². The van der Waals surface area contributed by atoms with Gasteiger partial charge >= 0.3 is 12.3 Å². The van der Waals surface area contributed by atoms with Crippen LogP contribution in [0.25, 0.3) is 0 Å². The third-order valence-corrected chi connectivity index (χ3v) is 3.74. The number of aryl methyl sites for hydroxylation is 1.